The van der Waals surface area contributed by atoms with Gasteiger partial charge in [0.2, 0.25) is 5.69 Å². The molecule has 0 radical (unpaired) electrons. The molecule has 2 atom stereocenters. The van der Waals surface area contributed by atoms with Gasteiger partial charge in [0.05, 0.1) is 25.9 Å². The zero-order valence-electron chi connectivity index (χ0n) is 39.4. The van der Waals surface area contributed by atoms with Crippen molar-refractivity contribution in [3.8, 4) is 0 Å². The van der Waals surface area contributed by atoms with Crippen molar-refractivity contribution in [2.24, 2.45) is 0 Å². The molecule has 26 heteroatoms. The highest BCUT2D eigenvalue weighted by Crippen LogP contribution is 2.54. The van der Waals surface area contributed by atoms with Crippen LogP contribution in [-0.2, 0) is 75.7 Å². The first-order valence-electron chi connectivity index (χ1n) is 22.1. The third-order valence-electron chi connectivity index (χ3n) is 13.0. The fourth-order valence-electron chi connectivity index (χ4n) is 9.80. The van der Waals surface area contributed by atoms with Crippen molar-refractivity contribution in [3.05, 3.63) is 95.7 Å². The third kappa shape index (κ3) is 11.8. The first-order valence-corrected chi connectivity index (χ1v) is 29.5. The van der Waals surface area contributed by atoms with Crippen LogP contribution in [0.1, 0.15) is 69.9 Å². The number of anilines is 1. The van der Waals surface area contributed by atoms with E-state index in [0.717, 1.165) is 12.1 Å². The molecule has 0 bridgehead atoms. The van der Waals surface area contributed by atoms with E-state index in [9.17, 15) is 74.8 Å². The normalized spacial score (nSPS) is 19.5. The maximum atomic E-state index is 12.7. The van der Waals surface area contributed by atoms with Gasteiger partial charge < -0.3 is 24.0 Å². The fourth-order valence-corrected chi connectivity index (χ4v) is 13.0. The van der Waals surface area contributed by atoms with Gasteiger partial charge in [-0.15, -0.1) is 0 Å². The molecule has 21 nitrogen and oxygen atoms in total. The van der Waals surface area contributed by atoms with Crippen LogP contribution in [0.2, 0.25) is 0 Å². The Bertz CT molecular complexity index is 3550. The molecule has 0 fully saturated rings. The van der Waals surface area contributed by atoms with E-state index in [1.54, 1.807) is 47.9 Å². The number of methoxy groups -OCH3 is 2. The molecule has 0 aromatic heterocycles. The molecule has 2 heterocycles. The molecule has 4 aromatic rings. The molecule has 2 unspecified atom stereocenters. The van der Waals surface area contributed by atoms with Crippen LogP contribution < -0.4 is 4.90 Å². The van der Waals surface area contributed by atoms with Gasteiger partial charge in [-0.2, -0.15) is 38.2 Å². The molecule has 4 aromatic carbocycles. The number of hydrogen-bond acceptors (Lipinski definition) is 15. The summed E-state index contributed by atoms with van der Waals surface area (Å²) in [7, 11) is -22.0. The molecular weight excluding hydrogens is 1040 g/mol. The Kier molecular flexibility index (Phi) is 16.5. The molecular formula is C46H54N2O19S5. The molecule has 5 N–H and O–H groups in total. The molecule has 6 rings (SSSR count). The van der Waals surface area contributed by atoms with Crippen LogP contribution in [0.25, 0.3) is 21.5 Å². The average molecular weight is 1100 g/mol. The molecule has 0 saturated carbocycles. The summed E-state index contributed by atoms with van der Waals surface area (Å²) in [6.07, 6.45) is 9.89. The minimum absolute atomic E-state index is 0.0210. The molecule has 392 valence electrons. The van der Waals surface area contributed by atoms with E-state index in [1.165, 1.54) is 32.4 Å². The number of carboxylic acid groups (broad SMARTS) is 1. The molecule has 2 aliphatic rings. The maximum Gasteiger partial charge on any atom is 0.303 e. The van der Waals surface area contributed by atoms with Crippen molar-refractivity contribution in [3.63, 3.8) is 0 Å². The standard InChI is InChI=1S/C46H54N2O19S5/c1-45(19-23-66-3)40(47(21-10-6-9-14-42(49)50)36-17-15-32-34(43(36)45)26-30(69(54,55)56)28-38(32)71(60,61)62)12-7-5-8-13-41-46(2,20-24-67-4)44-35-27-31(70(57,58)59)29-39(72(63,64)65)33(35)16-18-37(44)48(41)22-11-25-68(51,52)53/h5,7-8,12-13,15-18,26-29H,6,9-11,14,19-25H2,1-4H3,(H5-,49,50,51,52,53,54,55,56,57,58,59,60,61,62,63,64,65). The third-order valence-corrected chi connectivity index (χ3v) is 17.3. The number of benzene rings is 4. The summed E-state index contributed by atoms with van der Waals surface area (Å²) >= 11 is 0. The molecule has 0 spiro atoms. The minimum Gasteiger partial charge on any atom is -0.744 e. The summed E-state index contributed by atoms with van der Waals surface area (Å²) < 4.78 is 190. The van der Waals surface area contributed by atoms with E-state index in [1.807, 2.05) is 11.8 Å². The minimum atomic E-state index is -5.30. The van der Waals surface area contributed by atoms with Crippen molar-refractivity contribution in [2.45, 2.75) is 89.2 Å². The van der Waals surface area contributed by atoms with E-state index < -0.39 is 92.7 Å². The predicted molar refractivity (Wildman–Crippen MR) is 264 cm³/mol. The average Bonchev–Trinajstić information content (AvgIpc) is 3.65. The summed E-state index contributed by atoms with van der Waals surface area (Å²) in [6.45, 7) is 4.04. The van der Waals surface area contributed by atoms with Crippen LogP contribution in [0.3, 0.4) is 0 Å². The highest BCUT2D eigenvalue weighted by atomic mass is 32.2. The Morgan fingerprint density at radius 2 is 1.25 bits per heavy atom. The lowest BCUT2D eigenvalue weighted by Crippen LogP contribution is -2.33. The largest absolute Gasteiger partial charge is 0.744 e. The van der Waals surface area contributed by atoms with E-state index >= 15 is 0 Å². The zero-order chi connectivity index (χ0) is 53.4. The van der Waals surface area contributed by atoms with Crippen molar-refractivity contribution in [1.82, 2.24) is 0 Å². The van der Waals surface area contributed by atoms with Gasteiger partial charge in [-0.3, -0.25) is 23.0 Å². The quantitative estimate of drug-likeness (QED) is 0.0255. The second kappa shape index (κ2) is 21.1. The second-order valence-corrected chi connectivity index (χ2v) is 25.0. The van der Waals surface area contributed by atoms with Crippen molar-refractivity contribution in [1.29, 1.82) is 0 Å². The van der Waals surface area contributed by atoms with Crippen LogP contribution in [-0.4, -0.2) is 132 Å². The van der Waals surface area contributed by atoms with Crippen molar-refractivity contribution >= 4 is 95.2 Å². The fraction of sp³-hybridized carbons (Fsp3) is 0.391. The van der Waals surface area contributed by atoms with Gasteiger partial charge in [-0.25, -0.2) is 8.42 Å². The van der Waals surface area contributed by atoms with Crippen LogP contribution >= 0.6 is 0 Å². The van der Waals surface area contributed by atoms with Gasteiger partial charge in [-0.05, 0) is 104 Å². The van der Waals surface area contributed by atoms with E-state index in [-0.39, 0.29) is 67.0 Å². The van der Waals surface area contributed by atoms with Crippen LogP contribution in [0.5, 0.6) is 0 Å². The van der Waals surface area contributed by atoms with Gasteiger partial charge >= 0.3 is 5.97 Å². The van der Waals surface area contributed by atoms with E-state index in [0.29, 0.717) is 71.9 Å². The number of rotatable bonds is 23. The van der Waals surface area contributed by atoms with E-state index in [4.69, 9.17) is 9.47 Å². The summed E-state index contributed by atoms with van der Waals surface area (Å²) in [5, 5.41) is 9.16. The highest BCUT2D eigenvalue weighted by Gasteiger charge is 2.49. The van der Waals surface area contributed by atoms with Gasteiger partial charge in [0.25, 0.3) is 40.5 Å². The Morgan fingerprint density at radius 1 is 0.681 bits per heavy atom. The number of aliphatic carboxylic acids is 1. The van der Waals surface area contributed by atoms with Gasteiger partial charge in [0.1, 0.15) is 21.6 Å². The summed E-state index contributed by atoms with van der Waals surface area (Å²) in [5.41, 5.74) is 0.421. The smallest absolute Gasteiger partial charge is 0.303 e. The topological polar surface area (TPSA) is 337 Å². The summed E-state index contributed by atoms with van der Waals surface area (Å²) in [4.78, 5) is 9.91. The van der Waals surface area contributed by atoms with Crippen LogP contribution in [0.4, 0.5) is 11.4 Å². The number of ether oxygens (including phenoxy) is 2. The lowest BCUT2D eigenvalue weighted by molar-refractivity contribution is -0.437. The number of allylic oxidation sites excluding steroid dienone is 6. The number of carboxylic acids is 1. The van der Waals surface area contributed by atoms with Gasteiger partial charge in [0, 0.05) is 86.7 Å². The second-order valence-electron chi connectivity index (χ2n) is 17.8. The molecule has 0 saturated heterocycles. The SMILES string of the molecule is COCCC1(C)C(/C=C/C=C/C=C2/N(CCCCCC(=O)O)c3ccc4c(S(=O)(=O)[O-])cc(S(=O)(=O)O)cc4c3C2(C)CCOC)=[N+](CCCS(=O)(=O)O)c2ccc3c(S(=O)(=O)O)cc(S(=O)(=O)O)cc3c21. The predicted octanol–water partition coefficient (Wildman–Crippen LogP) is 5.76. The van der Waals surface area contributed by atoms with Gasteiger partial charge in [0.15, 0.2) is 5.71 Å². The van der Waals surface area contributed by atoms with Gasteiger partial charge in [-0.1, -0.05) is 30.7 Å². The lowest BCUT2D eigenvalue weighted by Gasteiger charge is -2.30. The van der Waals surface area contributed by atoms with Crippen molar-refractivity contribution in [2.75, 3.05) is 51.2 Å². The molecule has 0 amide bonds. The Hall–Kier alpha value is -4.97. The van der Waals surface area contributed by atoms with Crippen molar-refractivity contribution < 1.29 is 88.8 Å². The van der Waals surface area contributed by atoms with Crippen LogP contribution in [0.15, 0.2) is 104 Å². The zero-order valence-corrected chi connectivity index (χ0v) is 43.5. The lowest BCUT2D eigenvalue weighted by atomic mass is 9.75. The first-order chi connectivity index (χ1) is 33.4. The number of carbonyl (C=O) groups is 1. The number of nitrogens with zero attached hydrogens (tertiary/aromatic N) is 2. The highest BCUT2D eigenvalue weighted by molar-refractivity contribution is 7.87. The Labute approximate surface area is 417 Å². The summed E-state index contributed by atoms with van der Waals surface area (Å²) in [6, 6.07) is 9.23. The molecule has 2 aliphatic heterocycles. The Morgan fingerprint density at radius 3 is 1.81 bits per heavy atom. The molecule has 72 heavy (non-hydrogen) atoms. The molecule has 0 aliphatic carbocycles. The van der Waals surface area contributed by atoms with E-state index in [2.05, 4.69) is 0 Å². The first kappa shape index (κ1) is 56.3. The number of fused-ring (bicyclic) bond motifs is 6. The van der Waals surface area contributed by atoms with Crippen LogP contribution in [0, 0.1) is 0 Å². The Balaban J connectivity index is 1.56. The number of hydrogen-bond donors (Lipinski definition) is 5. The summed E-state index contributed by atoms with van der Waals surface area (Å²) in [5.74, 6) is -1.62. The number of unbranched alkanes of at least 4 members (excludes halogenated alkanes) is 2. The monoisotopic (exact) mass is 1100 g/mol. The maximum absolute atomic E-state index is 12.7.